The first-order chi connectivity index (χ1) is 19.2. The van der Waals surface area contributed by atoms with Gasteiger partial charge in [-0.2, -0.15) is 0 Å². The molecule has 2 aromatic heterocycles. The third-order valence-electron chi connectivity index (χ3n) is 8.28. The van der Waals surface area contributed by atoms with Gasteiger partial charge in [0.2, 0.25) is 0 Å². The molecule has 3 aromatic rings. The lowest BCUT2D eigenvalue weighted by Gasteiger charge is -2.33. The summed E-state index contributed by atoms with van der Waals surface area (Å²) in [6.07, 6.45) is 8.36. The number of dihydropyridines is 1. The number of allylic oxidation sites excluding steroid dienone is 3. The number of pyridine rings is 1. The van der Waals surface area contributed by atoms with E-state index >= 15 is 0 Å². The predicted molar refractivity (Wildman–Crippen MR) is 166 cm³/mol. The topological polar surface area (TPSA) is 65.4 Å². The van der Waals surface area contributed by atoms with Gasteiger partial charge in [-0.05, 0) is 94.3 Å². The van der Waals surface area contributed by atoms with Crippen LogP contribution in [0.2, 0.25) is 0 Å². The highest BCUT2D eigenvalue weighted by Gasteiger charge is 2.21. The second kappa shape index (κ2) is 11.9. The molecule has 0 spiro atoms. The van der Waals surface area contributed by atoms with E-state index in [4.69, 9.17) is 4.98 Å². The summed E-state index contributed by atoms with van der Waals surface area (Å²) in [6.45, 7) is 15.4. The van der Waals surface area contributed by atoms with Crippen LogP contribution in [0.3, 0.4) is 0 Å². The zero-order valence-corrected chi connectivity index (χ0v) is 24.9. The van der Waals surface area contributed by atoms with Crippen molar-refractivity contribution in [3.8, 4) is 11.1 Å². The minimum atomic E-state index is -0.0443. The molecule has 0 aliphatic carbocycles. The van der Waals surface area contributed by atoms with Gasteiger partial charge in [0.25, 0.3) is 5.91 Å². The molecule has 1 atom stereocenters. The van der Waals surface area contributed by atoms with Gasteiger partial charge >= 0.3 is 0 Å². The molecule has 0 radical (unpaired) electrons. The number of amides is 1. The summed E-state index contributed by atoms with van der Waals surface area (Å²) in [6, 6.07) is 11.0. The number of fused-ring (bicyclic) bond motifs is 1. The van der Waals surface area contributed by atoms with Gasteiger partial charge in [-0.25, -0.2) is 4.98 Å². The Morgan fingerprint density at radius 2 is 1.90 bits per heavy atom. The zero-order chi connectivity index (χ0) is 28.4. The average Bonchev–Trinajstić information content (AvgIpc) is 3.37. The number of aromatic nitrogens is 2. The van der Waals surface area contributed by atoms with Gasteiger partial charge in [-0.15, -0.1) is 0 Å². The third-order valence-corrected chi connectivity index (χ3v) is 8.28. The largest absolute Gasteiger partial charge is 0.382 e. The van der Waals surface area contributed by atoms with Gasteiger partial charge in [0, 0.05) is 84.9 Å². The number of piperazine rings is 1. The molecule has 2 aliphatic heterocycles. The number of carbonyl (C=O) groups is 1. The van der Waals surface area contributed by atoms with Crippen LogP contribution in [0.25, 0.3) is 22.0 Å². The summed E-state index contributed by atoms with van der Waals surface area (Å²) in [5.41, 5.74) is 7.58. The van der Waals surface area contributed by atoms with Crippen molar-refractivity contribution < 1.29 is 4.79 Å². The second-order valence-corrected chi connectivity index (χ2v) is 11.6. The lowest BCUT2D eigenvalue weighted by Crippen LogP contribution is -2.44. The Balaban J connectivity index is 1.46. The van der Waals surface area contributed by atoms with Gasteiger partial charge in [-0.1, -0.05) is 13.3 Å². The SMILES string of the molecule is CCCC1=C(CNC(=O)c2cc(-c3ccc(N4CCN(C)CC4)nc3)cc3c2ccn3C(C)C)C(C)NC(C)=C1. The molecule has 2 N–H and O–H groups in total. The lowest BCUT2D eigenvalue weighted by molar-refractivity contribution is 0.0958. The molecule has 40 heavy (non-hydrogen) atoms. The highest BCUT2D eigenvalue weighted by Crippen LogP contribution is 2.31. The second-order valence-electron chi connectivity index (χ2n) is 11.6. The Morgan fingerprint density at radius 3 is 2.58 bits per heavy atom. The van der Waals surface area contributed by atoms with Crippen molar-refractivity contribution in [1.29, 1.82) is 0 Å². The Labute approximate surface area is 238 Å². The molecule has 4 heterocycles. The minimum Gasteiger partial charge on any atom is -0.382 e. The van der Waals surface area contributed by atoms with Gasteiger partial charge in [0.05, 0.1) is 0 Å². The van der Waals surface area contributed by atoms with Crippen LogP contribution in [0.1, 0.15) is 63.9 Å². The highest BCUT2D eigenvalue weighted by atomic mass is 16.1. The lowest BCUT2D eigenvalue weighted by atomic mass is 9.93. The number of benzene rings is 1. The quantitative estimate of drug-likeness (QED) is 0.380. The van der Waals surface area contributed by atoms with E-state index in [1.807, 2.05) is 12.3 Å². The summed E-state index contributed by atoms with van der Waals surface area (Å²) < 4.78 is 2.24. The Morgan fingerprint density at radius 1 is 1.12 bits per heavy atom. The number of anilines is 1. The van der Waals surface area contributed by atoms with Crippen LogP contribution in [0.5, 0.6) is 0 Å². The van der Waals surface area contributed by atoms with Crippen molar-refractivity contribution in [2.24, 2.45) is 0 Å². The molecule has 212 valence electrons. The molecule has 1 amide bonds. The maximum Gasteiger partial charge on any atom is 0.252 e. The molecule has 7 nitrogen and oxygen atoms in total. The third kappa shape index (κ3) is 5.80. The predicted octanol–water partition coefficient (Wildman–Crippen LogP) is 5.76. The molecule has 0 saturated carbocycles. The van der Waals surface area contributed by atoms with E-state index in [0.717, 1.165) is 66.9 Å². The standard InChI is InChI=1S/C33H44N6O/c1-7-8-25-17-23(4)36-24(5)30(25)21-35-33(40)29-18-27(19-31-28(29)11-12-39(31)22(2)3)26-9-10-32(34-20-26)38-15-13-37(6)14-16-38/h9-12,17-20,22,24,36H,7-8,13-16,21H2,1-6H3,(H,35,40). The van der Waals surface area contributed by atoms with Crippen LogP contribution < -0.4 is 15.5 Å². The molecular weight excluding hydrogens is 496 g/mol. The smallest absolute Gasteiger partial charge is 0.252 e. The first kappa shape index (κ1) is 28.0. The van der Waals surface area contributed by atoms with E-state index in [-0.39, 0.29) is 18.0 Å². The van der Waals surface area contributed by atoms with Gasteiger partial charge in [-0.3, -0.25) is 4.79 Å². The van der Waals surface area contributed by atoms with Crippen LogP contribution in [0.15, 0.2) is 65.6 Å². The summed E-state index contributed by atoms with van der Waals surface area (Å²) in [4.78, 5) is 23.3. The van der Waals surface area contributed by atoms with Crippen LogP contribution in [-0.2, 0) is 0 Å². The number of hydrogen-bond donors (Lipinski definition) is 2. The number of nitrogens with one attached hydrogen (secondary N) is 2. The van der Waals surface area contributed by atoms with Crippen molar-refractivity contribution >= 4 is 22.6 Å². The van der Waals surface area contributed by atoms with Crippen molar-refractivity contribution in [1.82, 2.24) is 25.1 Å². The van der Waals surface area contributed by atoms with Crippen LogP contribution in [0.4, 0.5) is 5.82 Å². The van der Waals surface area contributed by atoms with E-state index < -0.39 is 0 Å². The van der Waals surface area contributed by atoms with Crippen molar-refractivity contribution in [3.63, 3.8) is 0 Å². The first-order valence-electron chi connectivity index (χ1n) is 14.7. The summed E-state index contributed by atoms with van der Waals surface area (Å²) >= 11 is 0. The van der Waals surface area contributed by atoms with Crippen molar-refractivity contribution in [2.75, 3.05) is 44.7 Å². The molecule has 5 rings (SSSR count). The highest BCUT2D eigenvalue weighted by molar-refractivity contribution is 6.08. The number of carbonyl (C=O) groups excluding carboxylic acids is 1. The fraction of sp³-hybridized carbons (Fsp3) is 0.455. The molecule has 1 unspecified atom stereocenters. The normalized spacial score (nSPS) is 18.3. The number of nitrogens with zero attached hydrogens (tertiary/aromatic N) is 4. The fourth-order valence-corrected chi connectivity index (χ4v) is 5.99. The fourth-order valence-electron chi connectivity index (χ4n) is 5.99. The number of rotatable bonds is 8. The van der Waals surface area contributed by atoms with E-state index in [1.165, 1.54) is 16.8 Å². The molecule has 7 heteroatoms. The Kier molecular flexibility index (Phi) is 8.31. The van der Waals surface area contributed by atoms with E-state index in [1.54, 1.807) is 0 Å². The summed E-state index contributed by atoms with van der Waals surface area (Å²) in [5.74, 6) is 0.967. The molecule has 0 bridgehead atoms. The van der Waals surface area contributed by atoms with Crippen LogP contribution in [-0.4, -0.2) is 66.2 Å². The molecule has 1 saturated heterocycles. The maximum atomic E-state index is 13.8. The van der Waals surface area contributed by atoms with Gasteiger partial charge in [0.15, 0.2) is 0 Å². The van der Waals surface area contributed by atoms with Crippen molar-refractivity contribution in [2.45, 2.75) is 59.5 Å². The van der Waals surface area contributed by atoms with Crippen molar-refractivity contribution in [3.05, 3.63) is 71.2 Å². The van der Waals surface area contributed by atoms with E-state index in [2.05, 4.69) is 103 Å². The number of likely N-dealkylation sites (N-methyl/N-ethyl adjacent to an activating group) is 1. The van der Waals surface area contributed by atoms with Crippen LogP contribution >= 0.6 is 0 Å². The first-order valence-corrected chi connectivity index (χ1v) is 14.7. The molecule has 1 fully saturated rings. The summed E-state index contributed by atoms with van der Waals surface area (Å²) in [5, 5.41) is 7.77. The number of hydrogen-bond acceptors (Lipinski definition) is 5. The minimum absolute atomic E-state index is 0.0443. The molecule has 1 aromatic carbocycles. The van der Waals surface area contributed by atoms with Gasteiger partial charge < -0.3 is 25.0 Å². The maximum absolute atomic E-state index is 13.8. The Hall–Kier alpha value is -3.58. The van der Waals surface area contributed by atoms with E-state index in [0.29, 0.717) is 12.1 Å². The molecular formula is C33H44N6O. The average molecular weight is 541 g/mol. The zero-order valence-electron chi connectivity index (χ0n) is 24.9. The Bertz CT molecular complexity index is 1420. The molecule has 2 aliphatic rings. The van der Waals surface area contributed by atoms with E-state index in [9.17, 15) is 4.79 Å². The van der Waals surface area contributed by atoms with Crippen LogP contribution in [0, 0.1) is 0 Å². The monoisotopic (exact) mass is 540 g/mol. The summed E-state index contributed by atoms with van der Waals surface area (Å²) in [7, 11) is 2.16. The van der Waals surface area contributed by atoms with Gasteiger partial charge in [0.1, 0.15) is 5.82 Å².